The number of thioether (sulfide) groups is 1. The zero-order valence-electron chi connectivity index (χ0n) is 8.93. The van der Waals surface area contributed by atoms with E-state index in [1.807, 2.05) is 0 Å². The number of carbonyl (C=O) groups excluding carboxylic acids is 1. The highest BCUT2D eigenvalue weighted by Gasteiger charge is 2.30. The lowest BCUT2D eigenvalue weighted by atomic mass is 10.2. The molecular formula is C10H12N2O3S. The molecule has 1 rings (SSSR count). The van der Waals surface area contributed by atoms with Gasteiger partial charge in [-0.1, -0.05) is 11.8 Å². The van der Waals surface area contributed by atoms with E-state index in [0.29, 0.717) is 5.03 Å². The molecule has 1 aromatic heterocycles. The van der Waals surface area contributed by atoms with Crippen LogP contribution in [0.15, 0.2) is 23.4 Å². The van der Waals surface area contributed by atoms with Gasteiger partial charge in [0.05, 0.1) is 5.56 Å². The van der Waals surface area contributed by atoms with E-state index in [2.05, 4.69) is 4.98 Å². The van der Waals surface area contributed by atoms with Gasteiger partial charge in [-0.25, -0.2) is 4.98 Å². The fourth-order valence-corrected chi connectivity index (χ4v) is 1.91. The van der Waals surface area contributed by atoms with Gasteiger partial charge in [0.25, 0.3) is 5.91 Å². The smallest absolute Gasteiger partial charge is 0.319 e. The van der Waals surface area contributed by atoms with Gasteiger partial charge in [0.15, 0.2) is 0 Å². The number of hydrogen-bond acceptors (Lipinski definition) is 4. The van der Waals surface area contributed by atoms with E-state index >= 15 is 0 Å². The van der Waals surface area contributed by atoms with E-state index < -0.39 is 16.6 Å². The summed E-state index contributed by atoms with van der Waals surface area (Å²) in [6.45, 7) is 3.08. The molecule has 0 aliphatic carbocycles. The fourth-order valence-electron chi connectivity index (χ4n) is 0.945. The van der Waals surface area contributed by atoms with Crippen molar-refractivity contribution in [3.8, 4) is 0 Å². The molecule has 1 amide bonds. The lowest BCUT2D eigenvalue weighted by Crippen LogP contribution is -2.27. The minimum atomic E-state index is -1.06. The predicted octanol–water partition coefficient (Wildman–Crippen LogP) is 1.14. The topological polar surface area (TPSA) is 93.3 Å². The Morgan fingerprint density at radius 3 is 2.62 bits per heavy atom. The minimum Gasteiger partial charge on any atom is -0.480 e. The number of aliphatic carboxylic acids is 1. The van der Waals surface area contributed by atoms with Gasteiger partial charge in [0, 0.05) is 6.20 Å². The van der Waals surface area contributed by atoms with Crippen LogP contribution < -0.4 is 5.73 Å². The molecule has 0 radical (unpaired) electrons. The Hall–Kier alpha value is -1.56. The molecule has 0 spiro atoms. The quantitative estimate of drug-likeness (QED) is 0.770. The summed E-state index contributed by atoms with van der Waals surface area (Å²) in [5, 5.41) is 9.30. The van der Waals surface area contributed by atoms with Crippen LogP contribution in [0.1, 0.15) is 24.2 Å². The molecule has 0 aromatic carbocycles. The van der Waals surface area contributed by atoms with Crippen LogP contribution in [0.2, 0.25) is 0 Å². The van der Waals surface area contributed by atoms with Crippen molar-refractivity contribution in [2.24, 2.45) is 5.73 Å². The first-order valence-corrected chi connectivity index (χ1v) is 5.33. The summed E-state index contributed by atoms with van der Waals surface area (Å²) in [7, 11) is 0. The van der Waals surface area contributed by atoms with Crippen molar-refractivity contribution in [2.45, 2.75) is 23.6 Å². The first-order valence-electron chi connectivity index (χ1n) is 4.52. The van der Waals surface area contributed by atoms with Gasteiger partial charge >= 0.3 is 5.97 Å². The number of nitrogens with two attached hydrogens (primary N) is 1. The lowest BCUT2D eigenvalue weighted by molar-refractivity contribution is -0.138. The van der Waals surface area contributed by atoms with Crippen molar-refractivity contribution >= 4 is 23.6 Å². The monoisotopic (exact) mass is 240 g/mol. The minimum absolute atomic E-state index is 0.238. The summed E-state index contributed by atoms with van der Waals surface area (Å²) in [6, 6.07) is 3.10. The van der Waals surface area contributed by atoms with Crippen molar-refractivity contribution in [2.75, 3.05) is 0 Å². The van der Waals surface area contributed by atoms with Crippen molar-refractivity contribution < 1.29 is 14.7 Å². The van der Waals surface area contributed by atoms with Crippen molar-refractivity contribution in [3.63, 3.8) is 0 Å². The average Bonchev–Trinajstić information content (AvgIpc) is 2.17. The second-order valence-corrected chi connectivity index (χ2v) is 5.25. The Balaban J connectivity index is 3.06. The molecule has 0 fully saturated rings. The van der Waals surface area contributed by atoms with E-state index in [4.69, 9.17) is 10.8 Å². The summed E-state index contributed by atoms with van der Waals surface area (Å²) in [5.41, 5.74) is 5.41. The molecule has 0 bridgehead atoms. The number of primary amides is 1. The van der Waals surface area contributed by atoms with Gasteiger partial charge in [0.1, 0.15) is 9.77 Å². The zero-order valence-corrected chi connectivity index (χ0v) is 9.75. The first-order chi connectivity index (χ1) is 7.34. The largest absolute Gasteiger partial charge is 0.480 e. The van der Waals surface area contributed by atoms with E-state index in [0.717, 1.165) is 11.8 Å². The number of carboxylic acids is 1. The molecule has 1 heterocycles. The number of nitrogens with zero attached hydrogens (tertiary/aromatic N) is 1. The molecule has 3 N–H and O–H groups in total. The van der Waals surface area contributed by atoms with Crippen molar-refractivity contribution in [3.05, 3.63) is 23.9 Å². The third-order valence-corrected chi connectivity index (χ3v) is 3.11. The number of pyridine rings is 1. The van der Waals surface area contributed by atoms with Gasteiger partial charge in [-0.3, -0.25) is 9.59 Å². The van der Waals surface area contributed by atoms with Crippen LogP contribution in [0.3, 0.4) is 0 Å². The third-order valence-electron chi connectivity index (χ3n) is 1.90. The maximum absolute atomic E-state index is 11.1. The van der Waals surface area contributed by atoms with Gasteiger partial charge in [0.2, 0.25) is 0 Å². The summed E-state index contributed by atoms with van der Waals surface area (Å²) in [5.74, 6) is -1.59. The molecule has 1 aromatic rings. The molecule has 0 unspecified atom stereocenters. The van der Waals surface area contributed by atoms with E-state index in [1.165, 1.54) is 12.3 Å². The Morgan fingerprint density at radius 2 is 2.12 bits per heavy atom. The Labute approximate surface area is 97.1 Å². The van der Waals surface area contributed by atoms with E-state index in [-0.39, 0.29) is 5.56 Å². The normalized spacial score (nSPS) is 11.1. The lowest BCUT2D eigenvalue weighted by Gasteiger charge is -2.18. The molecule has 0 aliphatic rings. The highest BCUT2D eigenvalue weighted by atomic mass is 32.2. The summed E-state index contributed by atoms with van der Waals surface area (Å²) in [6.07, 6.45) is 1.49. The average molecular weight is 240 g/mol. The van der Waals surface area contributed by atoms with E-state index in [1.54, 1.807) is 19.9 Å². The highest BCUT2D eigenvalue weighted by molar-refractivity contribution is 8.01. The van der Waals surface area contributed by atoms with Crippen LogP contribution in [0, 0.1) is 0 Å². The SMILES string of the molecule is CC(C)(Sc1ncccc1C(N)=O)C(=O)O. The van der Waals surface area contributed by atoms with Crippen molar-refractivity contribution in [1.82, 2.24) is 4.98 Å². The van der Waals surface area contributed by atoms with Crippen LogP contribution in [0.4, 0.5) is 0 Å². The van der Waals surface area contributed by atoms with Gasteiger partial charge in [-0.2, -0.15) is 0 Å². The Morgan fingerprint density at radius 1 is 1.50 bits per heavy atom. The molecule has 0 aliphatic heterocycles. The van der Waals surface area contributed by atoms with E-state index in [9.17, 15) is 9.59 Å². The maximum atomic E-state index is 11.1. The van der Waals surface area contributed by atoms with Crippen LogP contribution in [-0.2, 0) is 4.79 Å². The summed E-state index contributed by atoms with van der Waals surface area (Å²) >= 11 is 0.997. The van der Waals surface area contributed by atoms with Crippen LogP contribution in [0.25, 0.3) is 0 Å². The molecule has 86 valence electrons. The predicted molar refractivity (Wildman–Crippen MR) is 60.3 cm³/mol. The molecular weight excluding hydrogens is 228 g/mol. The number of amides is 1. The number of aromatic nitrogens is 1. The van der Waals surface area contributed by atoms with Crippen molar-refractivity contribution in [1.29, 1.82) is 0 Å². The number of rotatable bonds is 4. The standard InChI is InChI=1S/C10H12N2O3S/c1-10(2,9(14)15)16-8-6(7(11)13)4-3-5-12-8/h3-5H,1-2H3,(H2,11,13)(H,14,15). The Kier molecular flexibility index (Phi) is 3.54. The van der Waals surface area contributed by atoms with Crippen LogP contribution in [0.5, 0.6) is 0 Å². The second kappa shape index (κ2) is 4.52. The van der Waals surface area contributed by atoms with Gasteiger partial charge < -0.3 is 10.8 Å². The maximum Gasteiger partial charge on any atom is 0.319 e. The molecule has 0 atom stereocenters. The first kappa shape index (κ1) is 12.5. The Bertz CT molecular complexity index is 432. The number of hydrogen-bond donors (Lipinski definition) is 2. The van der Waals surface area contributed by atoms with Gasteiger partial charge in [-0.05, 0) is 26.0 Å². The third kappa shape index (κ3) is 2.73. The summed E-state index contributed by atoms with van der Waals surface area (Å²) in [4.78, 5) is 26.0. The zero-order chi connectivity index (χ0) is 12.3. The number of carboxylic acid groups (broad SMARTS) is 1. The van der Waals surface area contributed by atoms with Gasteiger partial charge in [-0.15, -0.1) is 0 Å². The molecule has 6 heteroatoms. The fraction of sp³-hybridized carbons (Fsp3) is 0.300. The highest BCUT2D eigenvalue weighted by Crippen LogP contribution is 2.33. The molecule has 5 nitrogen and oxygen atoms in total. The molecule has 16 heavy (non-hydrogen) atoms. The second-order valence-electron chi connectivity index (χ2n) is 3.64. The summed E-state index contributed by atoms with van der Waals surface area (Å²) < 4.78 is -1.06. The molecule has 0 saturated heterocycles. The van der Waals surface area contributed by atoms with Crippen LogP contribution in [-0.4, -0.2) is 26.7 Å². The van der Waals surface area contributed by atoms with Crippen LogP contribution >= 0.6 is 11.8 Å². The molecule has 0 saturated carbocycles. The number of carbonyl (C=O) groups is 2.